The molecular weight excluding hydrogens is 186 g/mol. The maximum Gasteiger partial charge on any atom is 0.0834 e. The SMILES string of the molecule is CCC(NC)c1c(Cl)cnn1CC. The molecule has 0 spiro atoms. The van der Waals surface area contributed by atoms with E-state index < -0.39 is 0 Å². The van der Waals surface area contributed by atoms with Crippen molar-refractivity contribution in [2.45, 2.75) is 32.9 Å². The standard InChI is InChI=1S/C9H16ClN3/c1-4-8(11-3)9-7(10)6-12-13(9)5-2/h6,8,11H,4-5H2,1-3H3. The van der Waals surface area contributed by atoms with Crippen LogP contribution in [-0.4, -0.2) is 16.8 Å². The van der Waals surface area contributed by atoms with Gasteiger partial charge < -0.3 is 5.32 Å². The second-order valence-electron chi connectivity index (χ2n) is 2.94. The highest BCUT2D eigenvalue weighted by Crippen LogP contribution is 2.24. The molecule has 4 heteroatoms. The van der Waals surface area contributed by atoms with E-state index in [9.17, 15) is 0 Å². The van der Waals surface area contributed by atoms with E-state index in [1.54, 1.807) is 6.20 Å². The Hall–Kier alpha value is -0.540. The molecule has 1 atom stereocenters. The lowest BCUT2D eigenvalue weighted by Crippen LogP contribution is -2.19. The van der Waals surface area contributed by atoms with Crippen LogP contribution in [-0.2, 0) is 6.54 Å². The van der Waals surface area contributed by atoms with Gasteiger partial charge in [-0.3, -0.25) is 4.68 Å². The molecule has 0 fully saturated rings. The van der Waals surface area contributed by atoms with Crippen molar-refractivity contribution in [1.82, 2.24) is 15.1 Å². The first-order valence-corrected chi connectivity index (χ1v) is 5.00. The van der Waals surface area contributed by atoms with Gasteiger partial charge in [0, 0.05) is 6.54 Å². The molecule has 1 heterocycles. The largest absolute Gasteiger partial charge is 0.312 e. The number of nitrogens with zero attached hydrogens (tertiary/aromatic N) is 2. The normalized spacial score (nSPS) is 13.2. The van der Waals surface area contributed by atoms with Gasteiger partial charge in [-0.2, -0.15) is 5.10 Å². The van der Waals surface area contributed by atoms with Gasteiger partial charge in [0.1, 0.15) is 0 Å². The van der Waals surface area contributed by atoms with Crippen molar-refractivity contribution < 1.29 is 0 Å². The third-order valence-electron chi connectivity index (χ3n) is 2.22. The molecule has 0 aliphatic carbocycles. The zero-order valence-electron chi connectivity index (χ0n) is 8.34. The zero-order chi connectivity index (χ0) is 9.84. The summed E-state index contributed by atoms with van der Waals surface area (Å²) in [7, 11) is 1.94. The smallest absolute Gasteiger partial charge is 0.0834 e. The third-order valence-corrected chi connectivity index (χ3v) is 2.51. The van der Waals surface area contributed by atoms with Crippen molar-refractivity contribution in [2.24, 2.45) is 0 Å². The van der Waals surface area contributed by atoms with Gasteiger partial charge in [0.15, 0.2) is 0 Å². The van der Waals surface area contributed by atoms with Crippen LogP contribution in [0.4, 0.5) is 0 Å². The van der Waals surface area contributed by atoms with Crippen LogP contribution < -0.4 is 5.32 Å². The van der Waals surface area contributed by atoms with Crippen molar-refractivity contribution in [1.29, 1.82) is 0 Å². The number of halogens is 1. The molecule has 1 aromatic heterocycles. The van der Waals surface area contributed by atoms with Crippen LogP contribution in [0.25, 0.3) is 0 Å². The van der Waals surface area contributed by atoms with Crippen LogP contribution >= 0.6 is 11.6 Å². The predicted octanol–water partition coefficient (Wildman–Crippen LogP) is 2.23. The number of aromatic nitrogens is 2. The van der Waals surface area contributed by atoms with Crippen molar-refractivity contribution in [3.63, 3.8) is 0 Å². The Kier molecular flexibility index (Phi) is 3.75. The molecule has 1 unspecified atom stereocenters. The molecule has 1 rings (SSSR count). The lowest BCUT2D eigenvalue weighted by atomic mass is 10.1. The summed E-state index contributed by atoms with van der Waals surface area (Å²) in [5, 5.41) is 8.17. The number of hydrogen-bond donors (Lipinski definition) is 1. The molecule has 0 amide bonds. The minimum absolute atomic E-state index is 0.301. The Bertz CT molecular complexity index is 266. The molecule has 0 bridgehead atoms. The van der Waals surface area contributed by atoms with E-state index in [4.69, 9.17) is 11.6 Å². The van der Waals surface area contributed by atoms with E-state index in [-0.39, 0.29) is 0 Å². The summed E-state index contributed by atoms with van der Waals surface area (Å²) in [6, 6.07) is 0.301. The summed E-state index contributed by atoms with van der Waals surface area (Å²) in [6.07, 6.45) is 2.72. The Balaban J connectivity index is 3.01. The highest BCUT2D eigenvalue weighted by Gasteiger charge is 2.15. The molecule has 0 aromatic carbocycles. The first-order valence-electron chi connectivity index (χ1n) is 4.63. The molecule has 0 saturated carbocycles. The van der Waals surface area contributed by atoms with Gasteiger partial charge in [0.05, 0.1) is 23.0 Å². The first-order chi connectivity index (χ1) is 6.24. The minimum atomic E-state index is 0.301. The summed E-state index contributed by atoms with van der Waals surface area (Å²) in [5.74, 6) is 0. The Labute approximate surface area is 84.1 Å². The van der Waals surface area contributed by atoms with Gasteiger partial charge >= 0.3 is 0 Å². The van der Waals surface area contributed by atoms with E-state index in [2.05, 4.69) is 24.3 Å². The van der Waals surface area contributed by atoms with Crippen LogP contribution in [0.1, 0.15) is 32.0 Å². The number of rotatable bonds is 4. The maximum atomic E-state index is 6.05. The quantitative estimate of drug-likeness (QED) is 0.810. The van der Waals surface area contributed by atoms with E-state index in [0.29, 0.717) is 6.04 Å². The van der Waals surface area contributed by atoms with Crippen LogP contribution in [0, 0.1) is 0 Å². The zero-order valence-corrected chi connectivity index (χ0v) is 9.10. The van der Waals surface area contributed by atoms with E-state index in [1.165, 1.54) is 0 Å². The topological polar surface area (TPSA) is 29.9 Å². The molecule has 3 nitrogen and oxygen atoms in total. The van der Waals surface area contributed by atoms with Crippen LogP contribution in [0.5, 0.6) is 0 Å². The van der Waals surface area contributed by atoms with E-state index in [0.717, 1.165) is 23.7 Å². The lowest BCUT2D eigenvalue weighted by Gasteiger charge is -2.15. The van der Waals surface area contributed by atoms with Gasteiger partial charge in [0.25, 0.3) is 0 Å². The summed E-state index contributed by atoms with van der Waals surface area (Å²) in [4.78, 5) is 0. The van der Waals surface area contributed by atoms with Crippen LogP contribution in [0.2, 0.25) is 5.02 Å². The molecule has 0 aliphatic rings. The number of nitrogens with one attached hydrogen (secondary N) is 1. The average molecular weight is 202 g/mol. The fraction of sp³-hybridized carbons (Fsp3) is 0.667. The fourth-order valence-electron chi connectivity index (χ4n) is 1.50. The predicted molar refractivity (Wildman–Crippen MR) is 55.0 cm³/mol. The molecule has 13 heavy (non-hydrogen) atoms. The highest BCUT2D eigenvalue weighted by molar-refractivity contribution is 6.31. The molecule has 0 radical (unpaired) electrons. The van der Waals surface area contributed by atoms with Gasteiger partial charge in [-0.05, 0) is 20.4 Å². The van der Waals surface area contributed by atoms with Gasteiger partial charge in [0.2, 0.25) is 0 Å². The van der Waals surface area contributed by atoms with Crippen molar-refractivity contribution in [3.05, 3.63) is 16.9 Å². The molecule has 1 N–H and O–H groups in total. The van der Waals surface area contributed by atoms with Crippen molar-refractivity contribution in [2.75, 3.05) is 7.05 Å². The minimum Gasteiger partial charge on any atom is -0.312 e. The molecule has 0 saturated heterocycles. The van der Waals surface area contributed by atoms with E-state index in [1.807, 2.05) is 11.7 Å². The molecule has 74 valence electrons. The van der Waals surface area contributed by atoms with Crippen LogP contribution in [0.3, 0.4) is 0 Å². The number of aryl methyl sites for hydroxylation is 1. The summed E-state index contributed by atoms with van der Waals surface area (Å²) in [6.45, 7) is 5.06. The average Bonchev–Trinajstić information content (AvgIpc) is 2.51. The van der Waals surface area contributed by atoms with Crippen molar-refractivity contribution >= 4 is 11.6 Å². The molecule has 1 aromatic rings. The molecular formula is C9H16ClN3. The van der Waals surface area contributed by atoms with Gasteiger partial charge in [-0.1, -0.05) is 18.5 Å². The summed E-state index contributed by atoms with van der Waals surface area (Å²) >= 11 is 6.05. The van der Waals surface area contributed by atoms with E-state index >= 15 is 0 Å². The lowest BCUT2D eigenvalue weighted by molar-refractivity contribution is 0.505. The fourth-order valence-corrected chi connectivity index (χ4v) is 1.78. The van der Waals surface area contributed by atoms with Gasteiger partial charge in [-0.25, -0.2) is 0 Å². The Morgan fingerprint density at radius 1 is 1.62 bits per heavy atom. The number of hydrogen-bond acceptors (Lipinski definition) is 2. The van der Waals surface area contributed by atoms with Gasteiger partial charge in [-0.15, -0.1) is 0 Å². The van der Waals surface area contributed by atoms with Crippen LogP contribution in [0.15, 0.2) is 6.20 Å². The Morgan fingerprint density at radius 3 is 2.77 bits per heavy atom. The maximum absolute atomic E-state index is 6.05. The molecule has 0 aliphatic heterocycles. The summed E-state index contributed by atoms with van der Waals surface area (Å²) < 4.78 is 1.94. The second-order valence-corrected chi connectivity index (χ2v) is 3.35. The monoisotopic (exact) mass is 201 g/mol. The highest BCUT2D eigenvalue weighted by atomic mass is 35.5. The first kappa shape index (κ1) is 10.5. The third kappa shape index (κ3) is 2.03. The Morgan fingerprint density at radius 2 is 2.31 bits per heavy atom. The van der Waals surface area contributed by atoms with Crippen molar-refractivity contribution in [3.8, 4) is 0 Å². The second kappa shape index (κ2) is 4.63. The summed E-state index contributed by atoms with van der Waals surface area (Å²) in [5.41, 5.74) is 1.09.